The third-order valence-electron chi connectivity index (χ3n) is 3.34. The maximum atomic E-state index is 11.9. The van der Waals surface area contributed by atoms with Crippen molar-refractivity contribution in [3.05, 3.63) is 29.6 Å². The molecule has 4 heteroatoms. The summed E-state index contributed by atoms with van der Waals surface area (Å²) in [4.78, 5) is 16.1. The van der Waals surface area contributed by atoms with Crippen molar-refractivity contribution in [2.45, 2.75) is 38.8 Å². The van der Waals surface area contributed by atoms with Gasteiger partial charge in [0.25, 0.3) is 0 Å². The summed E-state index contributed by atoms with van der Waals surface area (Å²) < 4.78 is 0. The molecule has 1 amide bonds. The molecule has 0 aliphatic heterocycles. The highest BCUT2D eigenvalue weighted by Gasteiger charge is 2.43. The molecule has 3 N–H and O–H groups in total. The largest absolute Gasteiger partial charge is 0.350 e. The normalized spacial score (nSPS) is 18.5. The summed E-state index contributed by atoms with van der Waals surface area (Å²) in [6.07, 6.45) is 3.90. The van der Waals surface area contributed by atoms with Gasteiger partial charge in [0.1, 0.15) is 0 Å². The van der Waals surface area contributed by atoms with Crippen LogP contribution >= 0.6 is 0 Å². The Hall–Kier alpha value is -1.42. The minimum atomic E-state index is -0.724. The summed E-state index contributed by atoms with van der Waals surface area (Å²) in [7, 11) is 0. The third-order valence-corrected chi connectivity index (χ3v) is 3.34. The minimum absolute atomic E-state index is 0.0689. The molecular formula is C13H19N3O. The van der Waals surface area contributed by atoms with Gasteiger partial charge in [-0.3, -0.25) is 9.78 Å². The number of carbonyl (C=O) groups excluding carboxylic acids is 1. The molecule has 1 heterocycles. The topological polar surface area (TPSA) is 68.0 Å². The van der Waals surface area contributed by atoms with Crippen LogP contribution in [0.15, 0.2) is 18.3 Å². The van der Waals surface area contributed by atoms with Crippen LogP contribution < -0.4 is 11.1 Å². The molecule has 1 fully saturated rings. The smallest absolute Gasteiger partial charge is 0.240 e. The second-order valence-electron chi connectivity index (χ2n) is 5.05. The van der Waals surface area contributed by atoms with Crippen molar-refractivity contribution in [1.29, 1.82) is 0 Å². The molecule has 0 spiro atoms. The van der Waals surface area contributed by atoms with Crippen LogP contribution in [0.5, 0.6) is 0 Å². The maximum Gasteiger partial charge on any atom is 0.240 e. The zero-order chi connectivity index (χ0) is 12.5. The first kappa shape index (κ1) is 12.0. The molecule has 4 nitrogen and oxygen atoms in total. The van der Waals surface area contributed by atoms with E-state index in [9.17, 15) is 4.79 Å². The Balaban J connectivity index is 1.89. The predicted octanol–water partition coefficient (Wildman–Crippen LogP) is 1.13. The van der Waals surface area contributed by atoms with E-state index in [2.05, 4.69) is 10.3 Å². The monoisotopic (exact) mass is 233 g/mol. The fourth-order valence-corrected chi connectivity index (χ4v) is 1.84. The van der Waals surface area contributed by atoms with Crippen molar-refractivity contribution in [3.8, 4) is 0 Å². The summed E-state index contributed by atoms with van der Waals surface area (Å²) in [6, 6.07) is 3.90. The van der Waals surface area contributed by atoms with Gasteiger partial charge in [0.2, 0.25) is 5.91 Å². The van der Waals surface area contributed by atoms with Crippen LogP contribution in [0.25, 0.3) is 0 Å². The highest BCUT2D eigenvalue weighted by atomic mass is 16.2. The fourth-order valence-electron chi connectivity index (χ4n) is 1.84. The zero-order valence-corrected chi connectivity index (χ0v) is 10.4. The average molecular weight is 233 g/mol. The molecule has 1 atom stereocenters. The van der Waals surface area contributed by atoms with E-state index >= 15 is 0 Å². The van der Waals surface area contributed by atoms with Gasteiger partial charge in [-0.15, -0.1) is 0 Å². The number of amides is 1. The highest BCUT2D eigenvalue weighted by Crippen LogP contribution is 2.38. The predicted molar refractivity (Wildman–Crippen MR) is 66.1 cm³/mol. The quantitative estimate of drug-likeness (QED) is 0.819. The van der Waals surface area contributed by atoms with Crippen LogP contribution in [0.4, 0.5) is 0 Å². The van der Waals surface area contributed by atoms with Gasteiger partial charge < -0.3 is 11.1 Å². The Bertz CT molecular complexity index is 407. The SMILES string of the molecule is Cc1ccc(CNC(=O)C(C)(N)C2CC2)cn1. The van der Waals surface area contributed by atoms with Crippen molar-refractivity contribution < 1.29 is 4.79 Å². The van der Waals surface area contributed by atoms with Crippen molar-refractivity contribution in [2.75, 3.05) is 0 Å². The lowest BCUT2D eigenvalue weighted by Gasteiger charge is -2.23. The first-order valence-electron chi connectivity index (χ1n) is 5.99. The molecule has 1 aliphatic rings. The molecule has 92 valence electrons. The second-order valence-corrected chi connectivity index (χ2v) is 5.05. The molecule has 17 heavy (non-hydrogen) atoms. The zero-order valence-electron chi connectivity index (χ0n) is 10.4. The number of nitrogens with two attached hydrogens (primary N) is 1. The molecule has 1 aromatic rings. The van der Waals surface area contributed by atoms with E-state index in [1.54, 1.807) is 6.20 Å². The van der Waals surface area contributed by atoms with Gasteiger partial charge in [-0.1, -0.05) is 6.07 Å². The molecule has 1 unspecified atom stereocenters. The molecular weight excluding hydrogens is 214 g/mol. The maximum absolute atomic E-state index is 11.9. The van der Waals surface area contributed by atoms with E-state index in [1.807, 2.05) is 26.0 Å². The molecule has 1 saturated carbocycles. The second kappa shape index (κ2) is 4.45. The Kier molecular flexibility index (Phi) is 3.15. The van der Waals surface area contributed by atoms with Crippen LogP contribution in [-0.4, -0.2) is 16.4 Å². The Morgan fingerprint density at radius 1 is 1.59 bits per heavy atom. The van der Waals surface area contributed by atoms with Crippen molar-refractivity contribution in [1.82, 2.24) is 10.3 Å². The van der Waals surface area contributed by atoms with Crippen LogP contribution in [-0.2, 0) is 11.3 Å². The summed E-state index contributed by atoms with van der Waals surface area (Å²) in [5.41, 5.74) is 7.27. The molecule has 2 rings (SSSR count). The number of aryl methyl sites for hydroxylation is 1. The van der Waals surface area contributed by atoms with Crippen molar-refractivity contribution in [3.63, 3.8) is 0 Å². The van der Waals surface area contributed by atoms with Crippen LogP contribution in [0.2, 0.25) is 0 Å². The van der Waals surface area contributed by atoms with Gasteiger partial charge >= 0.3 is 0 Å². The Labute approximate surface area is 102 Å². The molecule has 0 bridgehead atoms. The molecule has 0 saturated heterocycles. The standard InChI is InChI=1S/C13H19N3O/c1-9-3-4-10(7-15-9)8-16-12(17)13(2,14)11-5-6-11/h3-4,7,11H,5-6,8,14H2,1-2H3,(H,16,17). The van der Waals surface area contributed by atoms with Gasteiger partial charge in [0.05, 0.1) is 5.54 Å². The van der Waals surface area contributed by atoms with E-state index in [0.717, 1.165) is 24.1 Å². The van der Waals surface area contributed by atoms with Crippen molar-refractivity contribution >= 4 is 5.91 Å². The Morgan fingerprint density at radius 2 is 2.29 bits per heavy atom. The summed E-state index contributed by atoms with van der Waals surface area (Å²) in [5, 5.41) is 2.88. The van der Waals surface area contributed by atoms with Gasteiger partial charge in [0.15, 0.2) is 0 Å². The van der Waals surface area contributed by atoms with Crippen LogP contribution in [0.3, 0.4) is 0 Å². The molecule has 0 radical (unpaired) electrons. The van der Waals surface area contributed by atoms with E-state index < -0.39 is 5.54 Å². The van der Waals surface area contributed by atoms with Crippen LogP contribution in [0.1, 0.15) is 31.0 Å². The highest BCUT2D eigenvalue weighted by molar-refractivity contribution is 5.86. The van der Waals surface area contributed by atoms with Crippen molar-refractivity contribution in [2.24, 2.45) is 11.7 Å². The van der Waals surface area contributed by atoms with Gasteiger partial charge in [-0.2, -0.15) is 0 Å². The van der Waals surface area contributed by atoms with Gasteiger partial charge in [-0.25, -0.2) is 0 Å². The summed E-state index contributed by atoms with van der Waals surface area (Å²) in [5.74, 6) is 0.277. The summed E-state index contributed by atoms with van der Waals surface area (Å²) in [6.45, 7) is 4.24. The van der Waals surface area contributed by atoms with Gasteiger partial charge in [0, 0.05) is 18.4 Å². The molecule has 1 aromatic heterocycles. The number of rotatable bonds is 4. The third kappa shape index (κ3) is 2.82. The lowest BCUT2D eigenvalue weighted by Crippen LogP contribution is -2.53. The molecule has 1 aliphatic carbocycles. The summed E-state index contributed by atoms with van der Waals surface area (Å²) >= 11 is 0. The average Bonchev–Trinajstić information content (AvgIpc) is 3.11. The lowest BCUT2D eigenvalue weighted by atomic mass is 9.96. The number of hydrogen-bond acceptors (Lipinski definition) is 3. The number of nitrogens with zero attached hydrogens (tertiary/aromatic N) is 1. The van der Waals surface area contributed by atoms with E-state index in [4.69, 9.17) is 5.73 Å². The van der Waals surface area contributed by atoms with E-state index in [-0.39, 0.29) is 5.91 Å². The first-order valence-corrected chi connectivity index (χ1v) is 5.99. The number of hydrogen-bond donors (Lipinski definition) is 2. The molecule has 0 aromatic carbocycles. The first-order chi connectivity index (χ1) is 8.00. The fraction of sp³-hybridized carbons (Fsp3) is 0.538. The van der Waals surface area contributed by atoms with Gasteiger partial charge in [-0.05, 0) is 44.2 Å². The number of aromatic nitrogens is 1. The van der Waals surface area contributed by atoms with Crippen LogP contribution in [0, 0.1) is 12.8 Å². The minimum Gasteiger partial charge on any atom is -0.350 e. The number of carbonyl (C=O) groups is 1. The number of pyridine rings is 1. The number of nitrogens with one attached hydrogen (secondary N) is 1. The Morgan fingerprint density at radius 3 is 2.82 bits per heavy atom. The van der Waals surface area contributed by atoms with E-state index in [0.29, 0.717) is 12.5 Å². The van der Waals surface area contributed by atoms with E-state index in [1.165, 1.54) is 0 Å². The lowest BCUT2D eigenvalue weighted by molar-refractivity contribution is -0.126.